The summed E-state index contributed by atoms with van der Waals surface area (Å²) in [7, 11) is -1.06. The van der Waals surface area contributed by atoms with E-state index in [9.17, 15) is 4.79 Å². The summed E-state index contributed by atoms with van der Waals surface area (Å²) in [6.07, 6.45) is 0.981. The molecule has 0 fully saturated rings. The quantitative estimate of drug-likeness (QED) is 0.620. The Morgan fingerprint density at radius 1 is 1.15 bits per heavy atom. The van der Waals surface area contributed by atoms with Crippen molar-refractivity contribution in [2.45, 2.75) is 52.9 Å². The van der Waals surface area contributed by atoms with E-state index in [1.807, 2.05) is 6.92 Å². The lowest BCUT2D eigenvalue weighted by Gasteiger charge is -2.22. The molecule has 0 saturated carbocycles. The molecule has 0 saturated heterocycles. The van der Waals surface area contributed by atoms with Gasteiger partial charge in [-0.2, -0.15) is 0 Å². The number of rotatable bonds is 5. The van der Waals surface area contributed by atoms with Gasteiger partial charge in [-0.3, -0.25) is 4.79 Å². The zero-order valence-electron chi connectivity index (χ0n) is 9.98. The largest absolute Gasteiger partial charge is 0.299 e. The third kappa shape index (κ3) is 5.24. The van der Waals surface area contributed by atoms with Crippen molar-refractivity contribution in [3.63, 3.8) is 0 Å². The molecular formula is C11H24OSi. The molecule has 0 radical (unpaired) electrons. The summed E-state index contributed by atoms with van der Waals surface area (Å²) in [6, 6.07) is 1.14. The van der Waals surface area contributed by atoms with Crippen LogP contribution in [0.2, 0.25) is 25.7 Å². The average Bonchev–Trinajstić information content (AvgIpc) is 1.98. The molecular weight excluding hydrogens is 176 g/mol. The van der Waals surface area contributed by atoms with Crippen molar-refractivity contribution >= 4 is 13.9 Å². The maximum Gasteiger partial charge on any atom is 0.138 e. The van der Waals surface area contributed by atoms with E-state index in [0.29, 0.717) is 5.78 Å². The average molecular weight is 200 g/mol. The SMILES string of the molecule is CCC(C)C(=O)C(C)C[Si](C)(C)C. The van der Waals surface area contributed by atoms with Gasteiger partial charge >= 0.3 is 0 Å². The molecule has 0 aliphatic rings. The Hall–Kier alpha value is -0.113. The minimum Gasteiger partial charge on any atom is -0.299 e. The first kappa shape index (κ1) is 12.9. The third-order valence-electron chi connectivity index (χ3n) is 2.50. The fourth-order valence-electron chi connectivity index (χ4n) is 1.71. The Bertz CT molecular complexity index is 169. The minimum absolute atomic E-state index is 0.256. The summed E-state index contributed by atoms with van der Waals surface area (Å²) in [5, 5.41) is 0. The second-order valence-corrected chi connectivity index (χ2v) is 10.9. The van der Waals surface area contributed by atoms with Crippen molar-refractivity contribution in [3.05, 3.63) is 0 Å². The van der Waals surface area contributed by atoms with Gasteiger partial charge in [0, 0.05) is 19.9 Å². The second kappa shape index (κ2) is 4.94. The fourth-order valence-corrected chi connectivity index (χ4v) is 3.74. The van der Waals surface area contributed by atoms with E-state index in [-0.39, 0.29) is 11.8 Å². The van der Waals surface area contributed by atoms with Crippen molar-refractivity contribution < 1.29 is 4.79 Å². The molecule has 0 bridgehead atoms. The molecule has 13 heavy (non-hydrogen) atoms. The topological polar surface area (TPSA) is 17.1 Å². The van der Waals surface area contributed by atoms with Crippen molar-refractivity contribution in [3.8, 4) is 0 Å². The van der Waals surface area contributed by atoms with E-state index < -0.39 is 8.07 Å². The first-order valence-electron chi connectivity index (χ1n) is 5.31. The van der Waals surface area contributed by atoms with Crippen LogP contribution < -0.4 is 0 Å². The zero-order valence-corrected chi connectivity index (χ0v) is 11.0. The second-order valence-electron chi connectivity index (χ2n) is 5.38. The van der Waals surface area contributed by atoms with Crippen LogP contribution in [-0.4, -0.2) is 13.9 Å². The van der Waals surface area contributed by atoms with Crippen LogP contribution in [0, 0.1) is 11.8 Å². The Balaban J connectivity index is 4.12. The molecule has 0 aliphatic heterocycles. The van der Waals surface area contributed by atoms with Crippen LogP contribution in [0.4, 0.5) is 0 Å². The monoisotopic (exact) mass is 200 g/mol. The molecule has 2 atom stereocenters. The third-order valence-corrected chi connectivity index (χ3v) is 4.34. The van der Waals surface area contributed by atoms with Crippen LogP contribution in [-0.2, 0) is 4.79 Å². The highest BCUT2D eigenvalue weighted by atomic mass is 28.3. The Labute approximate surface area is 83.9 Å². The molecule has 2 unspecified atom stereocenters. The van der Waals surface area contributed by atoms with Gasteiger partial charge in [0.25, 0.3) is 0 Å². The predicted molar refractivity (Wildman–Crippen MR) is 61.8 cm³/mol. The smallest absolute Gasteiger partial charge is 0.138 e. The van der Waals surface area contributed by atoms with Gasteiger partial charge in [-0.1, -0.05) is 40.4 Å². The molecule has 0 amide bonds. The van der Waals surface area contributed by atoms with Gasteiger partial charge in [-0.15, -0.1) is 0 Å². The maximum absolute atomic E-state index is 11.8. The van der Waals surface area contributed by atoms with Crippen molar-refractivity contribution in [2.24, 2.45) is 11.8 Å². The maximum atomic E-state index is 11.8. The highest BCUT2D eigenvalue weighted by Crippen LogP contribution is 2.20. The normalized spacial score (nSPS) is 16.8. The van der Waals surface area contributed by atoms with Crippen LogP contribution in [0.25, 0.3) is 0 Å². The van der Waals surface area contributed by atoms with Gasteiger partial charge in [0.15, 0.2) is 0 Å². The van der Waals surface area contributed by atoms with Gasteiger partial charge in [0.2, 0.25) is 0 Å². The fraction of sp³-hybridized carbons (Fsp3) is 0.909. The molecule has 0 rings (SSSR count). The van der Waals surface area contributed by atoms with Crippen molar-refractivity contribution in [1.29, 1.82) is 0 Å². The lowest BCUT2D eigenvalue weighted by atomic mass is 9.95. The van der Waals surface area contributed by atoms with E-state index >= 15 is 0 Å². The molecule has 1 nitrogen and oxygen atoms in total. The predicted octanol–water partition coefficient (Wildman–Crippen LogP) is 3.58. The molecule has 0 heterocycles. The highest BCUT2D eigenvalue weighted by molar-refractivity contribution is 6.76. The van der Waals surface area contributed by atoms with Gasteiger partial charge in [0.1, 0.15) is 5.78 Å². The highest BCUT2D eigenvalue weighted by Gasteiger charge is 2.24. The Morgan fingerprint density at radius 3 is 1.92 bits per heavy atom. The number of hydrogen-bond acceptors (Lipinski definition) is 1. The van der Waals surface area contributed by atoms with Gasteiger partial charge in [-0.05, 0) is 12.5 Å². The van der Waals surface area contributed by atoms with Crippen LogP contribution in [0.15, 0.2) is 0 Å². The van der Waals surface area contributed by atoms with Crippen LogP contribution in [0.5, 0.6) is 0 Å². The summed E-state index contributed by atoms with van der Waals surface area (Å²) >= 11 is 0. The van der Waals surface area contributed by atoms with E-state index in [0.717, 1.165) is 12.5 Å². The van der Waals surface area contributed by atoms with E-state index in [2.05, 4.69) is 33.5 Å². The number of ketones is 1. The van der Waals surface area contributed by atoms with E-state index in [1.165, 1.54) is 0 Å². The first-order valence-corrected chi connectivity index (χ1v) is 9.02. The molecule has 0 spiro atoms. The molecule has 0 aromatic heterocycles. The standard InChI is InChI=1S/C11H24OSi/c1-7-9(2)11(12)10(3)8-13(4,5)6/h9-10H,7-8H2,1-6H3. The van der Waals surface area contributed by atoms with E-state index in [1.54, 1.807) is 0 Å². The Morgan fingerprint density at radius 2 is 1.62 bits per heavy atom. The number of Topliss-reactive ketones (excluding diaryl/α,β-unsaturated/α-hetero) is 1. The van der Waals surface area contributed by atoms with Crippen LogP contribution >= 0.6 is 0 Å². The van der Waals surface area contributed by atoms with Crippen LogP contribution in [0.3, 0.4) is 0 Å². The van der Waals surface area contributed by atoms with Gasteiger partial charge in [-0.25, -0.2) is 0 Å². The van der Waals surface area contributed by atoms with E-state index in [4.69, 9.17) is 0 Å². The van der Waals surface area contributed by atoms with Crippen LogP contribution in [0.1, 0.15) is 27.2 Å². The number of carbonyl (C=O) groups is 1. The van der Waals surface area contributed by atoms with Crippen molar-refractivity contribution in [1.82, 2.24) is 0 Å². The minimum atomic E-state index is -1.06. The summed E-state index contributed by atoms with van der Waals surface area (Å²) in [4.78, 5) is 11.8. The lowest BCUT2D eigenvalue weighted by Crippen LogP contribution is -2.28. The van der Waals surface area contributed by atoms with Gasteiger partial charge in [0.05, 0.1) is 0 Å². The molecule has 0 aliphatic carbocycles. The van der Waals surface area contributed by atoms with Gasteiger partial charge < -0.3 is 0 Å². The lowest BCUT2D eigenvalue weighted by molar-refractivity contribution is -0.125. The Kier molecular flexibility index (Phi) is 4.90. The molecule has 2 heteroatoms. The molecule has 0 N–H and O–H groups in total. The molecule has 78 valence electrons. The zero-order chi connectivity index (χ0) is 10.6. The summed E-state index contributed by atoms with van der Waals surface area (Å²) in [6.45, 7) is 13.2. The number of carbonyl (C=O) groups excluding carboxylic acids is 1. The molecule has 0 aromatic carbocycles. The number of hydrogen-bond donors (Lipinski definition) is 0. The van der Waals surface area contributed by atoms with Crippen molar-refractivity contribution in [2.75, 3.05) is 0 Å². The summed E-state index contributed by atoms with van der Waals surface area (Å²) in [5.41, 5.74) is 0. The molecule has 0 aromatic rings. The summed E-state index contributed by atoms with van der Waals surface area (Å²) < 4.78 is 0. The first-order chi connectivity index (χ1) is 5.78. The summed E-state index contributed by atoms with van der Waals surface area (Å²) in [5.74, 6) is 0.998.